The molecule has 134 valence electrons. The van der Waals surface area contributed by atoms with Gasteiger partial charge in [0.2, 0.25) is 10.0 Å². The van der Waals surface area contributed by atoms with E-state index >= 15 is 0 Å². The Hall–Kier alpha value is -2.53. The summed E-state index contributed by atoms with van der Waals surface area (Å²) in [5, 5.41) is 9.41. The van der Waals surface area contributed by atoms with Gasteiger partial charge in [0, 0.05) is 11.4 Å². The average molecular weight is 386 g/mol. The molecule has 0 radical (unpaired) electrons. The zero-order valence-electron chi connectivity index (χ0n) is 14.2. The Balaban J connectivity index is 1.75. The van der Waals surface area contributed by atoms with Gasteiger partial charge < -0.3 is 11.1 Å². The van der Waals surface area contributed by atoms with Gasteiger partial charge in [0.25, 0.3) is 0 Å². The first kappa shape index (κ1) is 18.3. The maximum absolute atomic E-state index is 11.2. The molecule has 0 bridgehead atoms. The van der Waals surface area contributed by atoms with Crippen molar-refractivity contribution >= 4 is 42.8 Å². The van der Waals surface area contributed by atoms with Crippen molar-refractivity contribution in [3.8, 4) is 11.8 Å². The van der Waals surface area contributed by atoms with E-state index in [1.54, 1.807) is 23.5 Å². The summed E-state index contributed by atoms with van der Waals surface area (Å²) < 4.78 is 23.6. The number of hydrogen-bond donors (Lipinski definition) is 3. The summed E-state index contributed by atoms with van der Waals surface area (Å²) in [4.78, 5) is 1.12. The summed E-state index contributed by atoms with van der Waals surface area (Å²) in [6, 6.07) is 12.2. The van der Waals surface area contributed by atoms with Crippen molar-refractivity contribution in [2.45, 2.75) is 18.2 Å². The molecule has 0 saturated heterocycles. The van der Waals surface area contributed by atoms with Crippen LogP contribution in [0.1, 0.15) is 17.4 Å². The zero-order valence-corrected chi connectivity index (χ0v) is 15.9. The minimum Gasteiger partial charge on any atom is -0.398 e. The molecule has 0 fully saturated rings. The normalized spacial score (nSPS) is 11.2. The van der Waals surface area contributed by atoms with Crippen molar-refractivity contribution in [1.82, 2.24) is 0 Å². The van der Waals surface area contributed by atoms with E-state index in [0.717, 1.165) is 27.4 Å². The van der Waals surface area contributed by atoms with E-state index in [1.165, 1.54) is 23.1 Å². The third kappa shape index (κ3) is 3.83. The highest BCUT2D eigenvalue weighted by molar-refractivity contribution is 7.89. The van der Waals surface area contributed by atoms with E-state index < -0.39 is 10.0 Å². The van der Waals surface area contributed by atoms with Crippen molar-refractivity contribution in [2.75, 3.05) is 17.6 Å². The molecular formula is C19H19N3O2S2. The summed E-state index contributed by atoms with van der Waals surface area (Å²) in [6.07, 6.45) is 0.899. The number of fused-ring (bicyclic) bond motifs is 1. The molecule has 5 N–H and O–H groups in total. The third-order valence-electron chi connectivity index (χ3n) is 3.97. The maximum atomic E-state index is 11.2. The highest BCUT2D eigenvalue weighted by atomic mass is 32.2. The fraction of sp³-hybridized carbons (Fsp3) is 0.158. The third-order valence-corrected chi connectivity index (χ3v) is 6.11. The molecule has 0 amide bonds. The van der Waals surface area contributed by atoms with Crippen LogP contribution in [0.2, 0.25) is 0 Å². The predicted octanol–water partition coefficient (Wildman–Crippen LogP) is 3.16. The lowest BCUT2D eigenvalue weighted by Crippen LogP contribution is -2.12. The molecule has 3 aromatic rings. The topological polar surface area (TPSA) is 98.2 Å². The first-order valence-electron chi connectivity index (χ1n) is 8.05. The largest absolute Gasteiger partial charge is 0.398 e. The number of aryl methyl sites for hydroxylation is 1. The van der Waals surface area contributed by atoms with Crippen LogP contribution in [0.15, 0.2) is 47.4 Å². The van der Waals surface area contributed by atoms with Crippen LogP contribution in [0.5, 0.6) is 0 Å². The summed E-state index contributed by atoms with van der Waals surface area (Å²) in [6.45, 7) is 2.56. The van der Waals surface area contributed by atoms with Gasteiger partial charge in [-0.25, -0.2) is 13.6 Å². The molecule has 0 aliphatic heterocycles. The predicted molar refractivity (Wildman–Crippen MR) is 109 cm³/mol. The molecule has 26 heavy (non-hydrogen) atoms. The van der Waals surface area contributed by atoms with Crippen LogP contribution in [0.25, 0.3) is 10.1 Å². The number of benzene rings is 2. The monoisotopic (exact) mass is 385 g/mol. The highest BCUT2D eigenvalue weighted by Gasteiger charge is 2.10. The fourth-order valence-electron chi connectivity index (χ4n) is 2.68. The molecule has 5 nitrogen and oxygen atoms in total. The van der Waals surface area contributed by atoms with Crippen molar-refractivity contribution < 1.29 is 8.42 Å². The molecular weight excluding hydrogens is 366 g/mol. The van der Waals surface area contributed by atoms with Crippen molar-refractivity contribution in [2.24, 2.45) is 5.14 Å². The number of sulfonamides is 1. The molecule has 0 unspecified atom stereocenters. The molecule has 1 heterocycles. The average Bonchev–Trinajstić information content (AvgIpc) is 2.97. The SMILES string of the molecule is CCc1c(C#CCNc2ccc(S(N)(=O)=O)cc2)sc2c(N)cccc12. The van der Waals surface area contributed by atoms with Gasteiger partial charge in [-0.1, -0.05) is 30.9 Å². The molecule has 1 aromatic heterocycles. The summed E-state index contributed by atoms with van der Waals surface area (Å²) in [7, 11) is -3.67. The molecule has 0 aliphatic rings. The number of thiophene rings is 1. The van der Waals surface area contributed by atoms with E-state index in [0.29, 0.717) is 6.54 Å². The summed E-state index contributed by atoms with van der Waals surface area (Å²) >= 11 is 1.62. The molecule has 2 aromatic carbocycles. The van der Waals surface area contributed by atoms with Gasteiger partial charge in [0.05, 0.1) is 21.0 Å². The van der Waals surface area contributed by atoms with E-state index in [-0.39, 0.29) is 4.90 Å². The summed E-state index contributed by atoms with van der Waals surface area (Å²) in [5.74, 6) is 6.34. The first-order chi connectivity index (χ1) is 12.4. The molecule has 0 aliphatic carbocycles. The molecule has 0 spiro atoms. The van der Waals surface area contributed by atoms with Crippen LogP contribution >= 0.6 is 11.3 Å². The van der Waals surface area contributed by atoms with Gasteiger partial charge in [-0.15, -0.1) is 11.3 Å². The number of anilines is 2. The van der Waals surface area contributed by atoms with Crippen LogP contribution in [0, 0.1) is 11.8 Å². The number of nitrogens with two attached hydrogens (primary N) is 2. The number of nitrogen functional groups attached to an aromatic ring is 1. The Labute approximate surface area is 157 Å². The van der Waals surface area contributed by atoms with Crippen molar-refractivity contribution in [1.29, 1.82) is 0 Å². The lowest BCUT2D eigenvalue weighted by Gasteiger charge is -2.03. The van der Waals surface area contributed by atoms with Crippen molar-refractivity contribution in [3.05, 3.63) is 52.9 Å². The Bertz CT molecular complexity index is 1110. The van der Waals surface area contributed by atoms with Crippen LogP contribution < -0.4 is 16.2 Å². The molecule has 0 saturated carbocycles. The number of rotatable bonds is 4. The Morgan fingerprint density at radius 2 is 1.88 bits per heavy atom. The first-order valence-corrected chi connectivity index (χ1v) is 10.4. The van der Waals surface area contributed by atoms with Crippen LogP contribution in [-0.4, -0.2) is 15.0 Å². The lowest BCUT2D eigenvalue weighted by molar-refractivity contribution is 0.598. The van der Waals surface area contributed by atoms with E-state index in [2.05, 4.69) is 30.1 Å². The van der Waals surface area contributed by atoms with Crippen LogP contribution in [0.4, 0.5) is 11.4 Å². The minimum absolute atomic E-state index is 0.0876. The van der Waals surface area contributed by atoms with Gasteiger partial charge in [-0.3, -0.25) is 0 Å². The van der Waals surface area contributed by atoms with Crippen LogP contribution in [0.3, 0.4) is 0 Å². The second-order valence-electron chi connectivity index (χ2n) is 5.71. The Morgan fingerprint density at radius 3 is 2.54 bits per heavy atom. The van der Waals surface area contributed by atoms with Gasteiger partial charge in [0.15, 0.2) is 0 Å². The van der Waals surface area contributed by atoms with Gasteiger partial charge >= 0.3 is 0 Å². The maximum Gasteiger partial charge on any atom is 0.238 e. The Kier molecular flexibility index (Phi) is 5.18. The molecule has 3 rings (SSSR count). The zero-order chi connectivity index (χ0) is 18.7. The standard InChI is InChI=1S/C19H19N3O2S2/c1-2-15-16-5-3-6-17(20)19(16)25-18(15)7-4-12-22-13-8-10-14(11-9-13)26(21,23)24/h3,5-6,8-11,22H,2,12,20H2,1H3,(H2,21,23,24). The molecule has 7 heteroatoms. The smallest absolute Gasteiger partial charge is 0.238 e. The highest BCUT2D eigenvalue weighted by Crippen LogP contribution is 2.34. The second-order valence-corrected chi connectivity index (χ2v) is 8.29. The van der Waals surface area contributed by atoms with Crippen molar-refractivity contribution in [3.63, 3.8) is 0 Å². The Morgan fingerprint density at radius 1 is 1.15 bits per heavy atom. The minimum atomic E-state index is -3.67. The molecule has 0 atom stereocenters. The number of nitrogens with one attached hydrogen (secondary N) is 1. The van der Waals surface area contributed by atoms with Gasteiger partial charge in [0.1, 0.15) is 0 Å². The lowest BCUT2D eigenvalue weighted by atomic mass is 10.1. The van der Waals surface area contributed by atoms with Gasteiger partial charge in [-0.2, -0.15) is 0 Å². The van der Waals surface area contributed by atoms with E-state index in [9.17, 15) is 8.42 Å². The van der Waals surface area contributed by atoms with Gasteiger partial charge in [-0.05, 0) is 47.7 Å². The second kappa shape index (κ2) is 7.38. The van der Waals surface area contributed by atoms with E-state index in [1.807, 2.05) is 12.1 Å². The number of primary sulfonamides is 1. The van der Waals surface area contributed by atoms with Crippen LogP contribution in [-0.2, 0) is 16.4 Å². The van der Waals surface area contributed by atoms with E-state index in [4.69, 9.17) is 10.9 Å². The summed E-state index contributed by atoms with van der Waals surface area (Å²) in [5.41, 5.74) is 8.85. The number of hydrogen-bond acceptors (Lipinski definition) is 5. The quantitative estimate of drug-likeness (QED) is 0.475. The fourth-order valence-corrected chi connectivity index (χ4v) is 4.38.